The molecule has 0 spiro atoms. The number of unbranched alkanes of at least 4 members (excludes halogenated alkanes) is 2. The van der Waals surface area contributed by atoms with Crippen molar-refractivity contribution in [1.29, 1.82) is 0 Å². The summed E-state index contributed by atoms with van der Waals surface area (Å²) in [5.74, 6) is -8.88. The van der Waals surface area contributed by atoms with Crippen LogP contribution in [0.5, 0.6) is 0 Å². The molecule has 0 radical (unpaired) electrons. The number of Topliss-reactive ketones (excluding diaryl/α,β-unsaturated/α-hetero) is 1. The normalized spacial score (nSPS) is 19.3. The van der Waals surface area contributed by atoms with Gasteiger partial charge in [0.05, 0.1) is 66.9 Å². The van der Waals surface area contributed by atoms with Crippen molar-refractivity contribution in [2.45, 2.75) is 238 Å². The quantitative estimate of drug-likeness (QED) is 0.0181. The van der Waals surface area contributed by atoms with E-state index in [1.165, 1.54) is 71.9 Å². The van der Waals surface area contributed by atoms with Gasteiger partial charge in [0.25, 0.3) is 11.8 Å². The summed E-state index contributed by atoms with van der Waals surface area (Å²) >= 11 is 1.29. The molecule has 626 valence electrons. The second-order valence-corrected chi connectivity index (χ2v) is 32.5. The highest BCUT2D eigenvalue weighted by atomic mass is 32.2. The number of carbonyl (C=O) groups is 15. The lowest BCUT2D eigenvalue weighted by molar-refractivity contribution is -0.198. The molecule has 4 fully saturated rings. The molecule has 0 bridgehead atoms. The maximum atomic E-state index is 15.1. The average molecular weight is 1610 g/mol. The number of nitrogens with zero attached hydrogens (tertiary/aromatic N) is 5. The molecule has 3 heterocycles. The first-order chi connectivity index (χ1) is 53.3. The number of amides is 13. The molecule has 1 saturated carbocycles. The molecule has 8 N–H and O–H groups in total. The number of halogens is 1. The number of anilines is 1. The molecular weight excluding hydrogens is 1490 g/mol. The van der Waals surface area contributed by atoms with E-state index >= 15 is 4.79 Å². The molecule has 113 heavy (non-hydrogen) atoms. The minimum absolute atomic E-state index is 0.00431. The summed E-state index contributed by atoms with van der Waals surface area (Å²) in [6.45, 7) is 17.5. The molecule has 4 aliphatic rings. The summed E-state index contributed by atoms with van der Waals surface area (Å²) in [4.78, 5) is 212. The van der Waals surface area contributed by atoms with Gasteiger partial charge in [-0.2, -0.15) is 0 Å². The van der Waals surface area contributed by atoms with E-state index in [2.05, 4.69) is 31.9 Å². The number of thioether (sulfide) groups is 1. The Hall–Kier alpha value is -9.15. The summed E-state index contributed by atoms with van der Waals surface area (Å²) in [7, 11) is 7.99. The Kier molecular flexibility index (Phi) is 35.6. The van der Waals surface area contributed by atoms with Crippen LogP contribution in [0, 0.1) is 40.8 Å². The number of hydrogen-bond acceptors (Lipinski definition) is 22. The number of rotatable bonds is 45. The zero-order chi connectivity index (χ0) is 83.9. The monoisotopic (exact) mass is 1600 g/mol. The number of likely N-dealkylation sites (tertiary alicyclic amines) is 2. The fourth-order valence-corrected chi connectivity index (χ4v) is 16.0. The number of imide groups is 2. The number of likely N-dealkylation sites (N-methyl/N-ethyl adjacent to an activating group) is 2. The summed E-state index contributed by atoms with van der Waals surface area (Å²) in [6, 6.07) is 3.81. The predicted molar refractivity (Wildman–Crippen MR) is 414 cm³/mol. The minimum atomic E-state index is -1.19. The van der Waals surface area contributed by atoms with Crippen LogP contribution in [0.1, 0.15) is 181 Å². The first-order valence-corrected chi connectivity index (χ1v) is 40.0. The highest BCUT2D eigenvalue weighted by molar-refractivity contribution is 8.00. The van der Waals surface area contributed by atoms with Gasteiger partial charge in [0.15, 0.2) is 5.78 Å². The topological polar surface area (TPSA) is 417 Å². The number of hydrogen-bond donors (Lipinski definition) is 7. The Morgan fingerprint density at radius 1 is 0.726 bits per heavy atom. The second-order valence-electron chi connectivity index (χ2n) is 31.3. The molecule has 13 amide bonds. The number of benzene rings is 2. The van der Waals surface area contributed by atoms with Crippen LogP contribution < -0.4 is 37.6 Å². The molecule has 13 atom stereocenters. The van der Waals surface area contributed by atoms with E-state index < -0.39 is 154 Å². The number of hydroxylamine groups is 2. The van der Waals surface area contributed by atoms with Gasteiger partial charge in [-0.3, -0.25) is 67.3 Å². The molecule has 3 saturated heterocycles. The Labute approximate surface area is 665 Å². The number of ketones is 1. The zero-order valence-electron chi connectivity index (χ0n) is 67.8. The molecule has 34 heteroatoms. The highest BCUT2D eigenvalue weighted by Gasteiger charge is 2.50. The van der Waals surface area contributed by atoms with Crippen molar-refractivity contribution in [1.82, 2.24) is 51.2 Å². The molecule has 1 unspecified atom stereocenters. The first-order valence-electron chi connectivity index (χ1n) is 38.9. The molecule has 3 aliphatic heterocycles. The van der Waals surface area contributed by atoms with Crippen molar-refractivity contribution in [2.75, 3.05) is 66.1 Å². The lowest BCUT2D eigenvalue weighted by Crippen LogP contribution is -2.59. The van der Waals surface area contributed by atoms with E-state index in [-0.39, 0.29) is 137 Å². The largest absolute Gasteiger partial charge is 0.508 e. The Morgan fingerprint density at radius 2 is 1.37 bits per heavy atom. The van der Waals surface area contributed by atoms with Crippen LogP contribution in [-0.2, 0) is 87.9 Å². The van der Waals surface area contributed by atoms with Gasteiger partial charge in [0, 0.05) is 83.5 Å². The van der Waals surface area contributed by atoms with Crippen LogP contribution in [0.3, 0.4) is 0 Å². The first kappa shape index (κ1) is 92.7. The number of nitrogens with two attached hydrogens (primary N) is 1. The number of carbonyl (C=O) groups excluding carboxylic acids is 15. The SMILES string of the molecule is CC[C@H](C)[C@@H]([C@@H](CC(=O)N1C[C@@H](OC(=O)OCc2ccc(NC(=O)[C@H](CCCNC(N)=O)NC(=O)[C@@H](NC(=O)CCCCCN3C(=O)CC(SCC4(CC(=O)ON5C(=O)CCC5=O)CC4)C3=O)C(C)C)cc2)C[C@H]1[C@H](OC)[C@@H](C)C(=O)N[C@@H](C)C(=O)c1ccc(F)cc1)OC)N(C)C(=O)[C@@H](NC(=O)[C@H](C(C)C)N(C)C)C(C)C. The molecule has 0 aromatic heterocycles. The van der Waals surface area contributed by atoms with Crippen LogP contribution in [0.25, 0.3) is 0 Å². The van der Waals surface area contributed by atoms with Gasteiger partial charge in [-0.15, -0.1) is 16.8 Å². The highest BCUT2D eigenvalue weighted by Crippen LogP contribution is 2.52. The fourth-order valence-electron chi connectivity index (χ4n) is 14.5. The maximum Gasteiger partial charge on any atom is 0.508 e. The third-order valence-corrected chi connectivity index (χ3v) is 22.8. The van der Waals surface area contributed by atoms with Crippen molar-refractivity contribution in [2.24, 2.45) is 40.7 Å². The molecule has 2 aromatic carbocycles. The lowest BCUT2D eigenvalue weighted by Gasteiger charge is -2.41. The second kappa shape index (κ2) is 43.4. The van der Waals surface area contributed by atoms with Crippen molar-refractivity contribution in [3.63, 3.8) is 0 Å². The Morgan fingerprint density at radius 3 is 1.95 bits per heavy atom. The molecule has 6 rings (SSSR count). The van der Waals surface area contributed by atoms with Gasteiger partial charge in [-0.05, 0) is 131 Å². The number of methoxy groups -OCH3 is 2. The van der Waals surface area contributed by atoms with Gasteiger partial charge in [0.1, 0.15) is 36.7 Å². The maximum absolute atomic E-state index is 15.1. The van der Waals surface area contributed by atoms with Crippen LogP contribution in [0.4, 0.5) is 19.7 Å². The lowest BCUT2D eigenvalue weighted by atomic mass is 9.89. The number of urea groups is 1. The van der Waals surface area contributed by atoms with E-state index in [1.807, 2.05) is 41.5 Å². The molecule has 2 aromatic rings. The van der Waals surface area contributed by atoms with Gasteiger partial charge >= 0.3 is 18.2 Å². The van der Waals surface area contributed by atoms with Crippen LogP contribution >= 0.6 is 11.8 Å². The average Bonchev–Trinajstić information content (AvgIpc) is 1.71. The smallest absolute Gasteiger partial charge is 0.429 e. The number of ether oxygens (including phenoxy) is 4. The van der Waals surface area contributed by atoms with Crippen LogP contribution in [0.15, 0.2) is 48.5 Å². The van der Waals surface area contributed by atoms with E-state index in [0.29, 0.717) is 54.9 Å². The third kappa shape index (κ3) is 26.7. The van der Waals surface area contributed by atoms with Gasteiger partial charge < -0.3 is 71.2 Å². The van der Waals surface area contributed by atoms with E-state index in [1.54, 1.807) is 58.9 Å². The van der Waals surface area contributed by atoms with Crippen LogP contribution in [-0.4, -0.2) is 240 Å². The van der Waals surface area contributed by atoms with Crippen molar-refractivity contribution >= 4 is 106 Å². The van der Waals surface area contributed by atoms with Gasteiger partial charge in [-0.1, -0.05) is 87.3 Å². The third-order valence-electron chi connectivity index (χ3n) is 21.3. The fraction of sp³-hybridized carbons (Fsp3) is 0.658. The van der Waals surface area contributed by atoms with Gasteiger partial charge in [-0.25, -0.2) is 18.8 Å². The van der Waals surface area contributed by atoms with E-state index in [0.717, 1.165) is 12.1 Å². The molecule has 32 nitrogen and oxygen atoms in total. The summed E-state index contributed by atoms with van der Waals surface area (Å²) < 4.78 is 37.4. The standard InChI is InChI=1S/C79H117FN12O20S/c1-16-47(8)68(89(13)76(105)66(45(4)5)87-74(103)67(46(6)7)88(11)12)57(108-14)38-62(96)91-41-54(37-56(91)70(109-15)48(9)71(100)83-49(10)69(99)51-25-27-52(80)28-26-51)111-78(107)110-42-50-23-29-53(30-24-50)84-72(101)55(21-20-35-82-77(81)106)85-73(102)65(44(2)3)86-59(93)22-18-17-19-36-90-63(97)39-58(75(90)104)113-43-79(33-34-79)40-64(98)112-92-60(94)31-32-61(92)95/h23-30,44-49,54-58,65-68,70H,16-22,31-43H2,1-15H3,(H,83,100)(H,84,101)(H,85,102)(H,86,93)(H,87,103)(H3,81,82,106)/t47-,48+,49-,54-,55-,56-,57+,58?,65-,66-,67-,68-,70+/m0/s1. The Bertz CT molecular complexity index is 3670. The number of nitrogens with one attached hydrogen (secondary N) is 6. The molecular formula is C79H117FN12O20S. The molecule has 1 aliphatic carbocycles. The van der Waals surface area contributed by atoms with Crippen LogP contribution in [0.2, 0.25) is 0 Å². The van der Waals surface area contributed by atoms with Crippen molar-refractivity contribution < 1.29 is 100 Å². The summed E-state index contributed by atoms with van der Waals surface area (Å²) in [6.07, 6.45) is -1.21. The minimum Gasteiger partial charge on any atom is -0.429 e. The zero-order valence-corrected chi connectivity index (χ0v) is 68.6. The number of primary amides is 1. The predicted octanol–water partition coefficient (Wildman–Crippen LogP) is 5.70. The van der Waals surface area contributed by atoms with Crippen molar-refractivity contribution in [3.05, 3.63) is 65.5 Å². The Balaban J connectivity index is 1.06. The summed E-state index contributed by atoms with van der Waals surface area (Å²) in [5, 5.41) is 16.4. The summed E-state index contributed by atoms with van der Waals surface area (Å²) in [5.41, 5.74) is 5.71. The van der Waals surface area contributed by atoms with Gasteiger partial charge in [0.2, 0.25) is 53.2 Å². The van der Waals surface area contributed by atoms with E-state index in [9.17, 15) is 71.5 Å². The van der Waals surface area contributed by atoms with E-state index in [4.69, 9.17) is 29.5 Å². The van der Waals surface area contributed by atoms with Crippen molar-refractivity contribution in [3.8, 4) is 0 Å².